The van der Waals surface area contributed by atoms with E-state index in [0.29, 0.717) is 23.4 Å². The number of benzene rings is 1. The number of rotatable bonds is 30. The van der Waals surface area contributed by atoms with Gasteiger partial charge in [0.05, 0.1) is 43.3 Å². The van der Waals surface area contributed by atoms with Crippen molar-refractivity contribution in [3.8, 4) is 6.07 Å². The Hall–Kier alpha value is -3.03. The Labute approximate surface area is 341 Å². The summed E-state index contributed by atoms with van der Waals surface area (Å²) in [6.45, 7) is 1.42. The van der Waals surface area contributed by atoms with E-state index in [9.17, 15) is 33.7 Å². The molecular formula is C42H63F2N4O9P. The SMILES string of the molecule is CCCCCCCCCCCCCCCCCCOC[C@H](COP(=O)(O)OC[C@H]1O[C@@](C#N)(c2ccc3c(N)ccnn23)[C@H](O)[C@@H]1O)OCc1cccc(C(F)F)c1. The summed E-state index contributed by atoms with van der Waals surface area (Å²) in [7, 11) is -4.82. The molecule has 3 heterocycles. The number of halogens is 2. The van der Waals surface area contributed by atoms with E-state index in [0.717, 1.165) is 19.3 Å². The summed E-state index contributed by atoms with van der Waals surface area (Å²) in [6.07, 6.45) is 13.0. The molecule has 324 valence electrons. The fraction of sp³-hybridized carbons (Fsp3) is 0.667. The van der Waals surface area contributed by atoms with Gasteiger partial charge in [-0.25, -0.2) is 17.9 Å². The maximum Gasteiger partial charge on any atom is 0.472 e. The van der Waals surface area contributed by atoms with Crippen LogP contribution in [0.3, 0.4) is 0 Å². The molecule has 1 aliphatic rings. The normalized spacial score (nSPS) is 21.1. The molecule has 0 bridgehead atoms. The first-order chi connectivity index (χ1) is 28.0. The van der Waals surface area contributed by atoms with E-state index in [1.165, 1.54) is 118 Å². The molecule has 6 atom stereocenters. The molecule has 3 aromatic rings. The smallest absolute Gasteiger partial charge is 0.397 e. The van der Waals surface area contributed by atoms with Gasteiger partial charge in [-0.2, -0.15) is 10.4 Å². The zero-order valence-electron chi connectivity index (χ0n) is 33.8. The van der Waals surface area contributed by atoms with Crippen molar-refractivity contribution < 1.29 is 51.7 Å². The van der Waals surface area contributed by atoms with E-state index in [2.05, 4.69) is 12.0 Å². The van der Waals surface area contributed by atoms with Gasteiger partial charge in [-0.15, -0.1) is 0 Å². The maximum atomic E-state index is 13.3. The van der Waals surface area contributed by atoms with Gasteiger partial charge in [0.1, 0.15) is 30.5 Å². The van der Waals surface area contributed by atoms with E-state index < -0.39 is 57.5 Å². The van der Waals surface area contributed by atoms with E-state index >= 15 is 0 Å². The van der Waals surface area contributed by atoms with Crippen molar-refractivity contribution >= 4 is 19.0 Å². The summed E-state index contributed by atoms with van der Waals surface area (Å²) in [5, 5.41) is 36.1. The molecule has 0 aliphatic carbocycles. The number of unbranched alkanes of at least 4 members (excludes halogenated alkanes) is 15. The van der Waals surface area contributed by atoms with Gasteiger partial charge in [0.25, 0.3) is 6.43 Å². The molecule has 16 heteroatoms. The first-order valence-electron chi connectivity index (χ1n) is 20.9. The quantitative estimate of drug-likeness (QED) is 0.0370. The number of aliphatic hydroxyl groups is 2. The highest BCUT2D eigenvalue weighted by molar-refractivity contribution is 7.47. The number of aromatic nitrogens is 2. The molecule has 4 rings (SSSR count). The monoisotopic (exact) mass is 836 g/mol. The fourth-order valence-corrected chi connectivity index (χ4v) is 7.93. The number of nitrogen functional groups attached to an aromatic ring is 1. The molecule has 1 aliphatic heterocycles. The Morgan fingerprint density at radius 3 is 2.19 bits per heavy atom. The summed E-state index contributed by atoms with van der Waals surface area (Å²) in [5.41, 5.74) is 5.11. The number of anilines is 1. The second-order valence-corrected chi connectivity index (χ2v) is 16.6. The van der Waals surface area contributed by atoms with Gasteiger partial charge in [0.2, 0.25) is 5.60 Å². The molecule has 0 spiro atoms. The number of phosphoric ester groups is 1. The predicted molar refractivity (Wildman–Crippen MR) is 216 cm³/mol. The number of phosphoric acid groups is 1. The number of aliphatic hydroxyl groups excluding tert-OH is 2. The zero-order valence-corrected chi connectivity index (χ0v) is 34.7. The Morgan fingerprint density at radius 1 is 0.931 bits per heavy atom. The van der Waals surface area contributed by atoms with Crippen LogP contribution in [0.5, 0.6) is 0 Å². The molecule has 13 nitrogen and oxygen atoms in total. The number of ether oxygens (including phenoxy) is 3. The maximum absolute atomic E-state index is 13.3. The summed E-state index contributed by atoms with van der Waals surface area (Å²) in [4.78, 5) is 10.6. The van der Waals surface area contributed by atoms with Crippen molar-refractivity contribution in [1.29, 1.82) is 5.26 Å². The van der Waals surface area contributed by atoms with Gasteiger partial charge >= 0.3 is 7.82 Å². The molecule has 1 unspecified atom stereocenters. The molecule has 1 fully saturated rings. The summed E-state index contributed by atoms with van der Waals surface area (Å²) in [5.74, 6) is 0. The lowest BCUT2D eigenvalue weighted by Gasteiger charge is -2.24. The minimum atomic E-state index is -4.82. The van der Waals surface area contributed by atoms with Crippen molar-refractivity contribution in [2.45, 2.75) is 153 Å². The minimum absolute atomic E-state index is 0.00156. The second-order valence-electron chi connectivity index (χ2n) is 15.2. The van der Waals surface area contributed by atoms with Crippen LogP contribution in [0.4, 0.5) is 14.5 Å². The highest BCUT2D eigenvalue weighted by Gasteiger charge is 2.58. The van der Waals surface area contributed by atoms with Crippen molar-refractivity contribution in [2.24, 2.45) is 0 Å². The highest BCUT2D eigenvalue weighted by atomic mass is 31.2. The largest absolute Gasteiger partial charge is 0.472 e. The van der Waals surface area contributed by atoms with Crippen LogP contribution in [0.25, 0.3) is 5.52 Å². The Morgan fingerprint density at radius 2 is 1.57 bits per heavy atom. The molecule has 2 aromatic heterocycles. The number of alkyl halides is 2. The average Bonchev–Trinajstić information content (AvgIpc) is 3.76. The van der Waals surface area contributed by atoms with Crippen LogP contribution in [0.1, 0.15) is 133 Å². The average molecular weight is 837 g/mol. The van der Waals surface area contributed by atoms with Crippen LogP contribution < -0.4 is 5.73 Å². The van der Waals surface area contributed by atoms with E-state index in [1.54, 1.807) is 18.2 Å². The Balaban J connectivity index is 1.20. The van der Waals surface area contributed by atoms with Gasteiger partial charge < -0.3 is 35.1 Å². The van der Waals surface area contributed by atoms with Gasteiger partial charge in [0.15, 0.2) is 0 Å². The van der Waals surface area contributed by atoms with Gasteiger partial charge in [-0.3, -0.25) is 9.05 Å². The summed E-state index contributed by atoms with van der Waals surface area (Å²) < 4.78 is 68.8. The number of hydrogen-bond donors (Lipinski definition) is 4. The van der Waals surface area contributed by atoms with E-state index in [-0.39, 0.29) is 24.5 Å². The second kappa shape index (κ2) is 24.9. The third kappa shape index (κ3) is 14.6. The molecule has 5 N–H and O–H groups in total. The summed E-state index contributed by atoms with van der Waals surface area (Å²) >= 11 is 0. The molecule has 1 saturated heterocycles. The lowest BCUT2D eigenvalue weighted by atomic mass is 9.92. The number of hydrogen-bond acceptors (Lipinski definition) is 11. The molecule has 0 radical (unpaired) electrons. The molecular weight excluding hydrogens is 773 g/mol. The molecule has 0 amide bonds. The van der Waals surface area contributed by atoms with Crippen LogP contribution >= 0.6 is 7.82 Å². The Kier molecular flexibility index (Phi) is 20.5. The molecule has 58 heavy (non-hydrogen) atoms. The van der Waals surface area contributed by atoms with Crippen molar-refractivity contribution in [3.63, 3.8) is 0 Å². The van der Waals surface area contributed by atoms with Crippen LogP contribution in [0, 0.1) is 11.3 Å². The number of fused-ring (bicyclic) bond motifs is 1. The van der Waals surface area contributed by atoms with Gasteiger partial charge in [-0.05, 0) is 36.2 Å². The van der Waals surface area contributed by atoms with E-state index in [4.69, 9.17) is 29.0 Å². The Bertz CT molecular complexity index is 1730. The van der Waals surface area contributed by atoms with Crippen LogP contribution in [0.15, 0.2) is 48.7 Å². The standard InChI is InChI=1S/C42H63F2N4O9P/c1-2-3-4-5-6-7-8-9-10-11-12-13-14-15-16-17-25-53-28-34(54-27-32-19-18-20-33(26-32)41(43)44)29-55-58(51,52)56-30-37-39(49)40(50)42(31-45,57-37)38-22-21-36-35(46)23-24-47-48(36)38/h18-24,26,34,37,39-41,49-50H,2-17,25,27-30,46H2,1H3,(H,51,52)/t34-,37-,39-,40-,42+/m1/s1. The first kappa shape index (κ1) is 47.6. The summed E-state index contributed by atoms with van der Waals surface area (Å²) in [6, 6.07) is 12.3. The number of nitriles is 1. The minimum Gasteiger partial charge on any atom is -0.397 e. The topological polar surface area (TPSA) is 191 Å². The van der Waals surface area contributed by atoms with Gasteiger partial charge in [-0.1, -0.05) is 121 Å². The van der Waals surface area contributed by atoms with Crippen LogP contribution in [-0.2, 0) is 40.0 Å². The number of nitrogens with two attached hydrogens (primary N) is 1. The third-order valence-corrected chi connectivity index (χ3v) is 11.5. The zero-order chi connectivity index (χ0) is 41.8. The van der Waals surface area contributed by atoms with Crippen molar-refractivity contribution in [3.05, 3.63) is 65.5 Å². The predicted octanol–water partition coefficient (Wildman–Crippen LogP) is 8.69. The van der Waals surface area contributed by atoms with E-state index in [1.807, 2.05) is 6.07 Å². The van der Waals surface area contributed by atoms with Gasteiger partial charge in [0, 0.05) is 18.4 Å². The highest BCUT2D eigenvalue weighted by Crippen LogP contribution is 2.46. The van der Waals surface area contributed by atoms with Crippen molar-refractivity contribution in [2.75, 3.05) is 32.2 Å². The third-order valence-electron chi connectivity index (χ3n) is 10.6. The molecule has 0 saturated carbocycles. The van der Waals surface area contributed by atoms with Crippen LogP contribution in [-0.4, -0.2) is 75.6 Å². The van der Waals surface area contributed by atoms with Crippen molar-refractivity contribution in [1.82, 2.24) is 9.61 Å². The number of nitrogens with zero attached hydrogens (tertiary/aromatic N) is 3. The molecule has 1 aromatic carbocycles. The lowest BCUT2D eigenvalue weighted by molar-refractivity contribution is -0.0690. The first-order valence-corrected chi connectivity index (χ1v) is 22.4. The lowest BCUT2D eigenvalue weighted by Crippen LogP contribution is -2.41. The van der Waals surface area contributed by atoms with Crippen LogP contribution in [0.2, 0.25) is 0 Å². The fourth-order valence-electron chi connectivity index (χ4n) is 7.16.